The zero-order chi connectivity index (χ0) is 14.4. The minimum atomic E-state index is -0.422. The highest BCUT2D eigenvalue weighted by atomic mass is 16.5. The van der Waals surface area contributed by atoms with Gasteiger partial charge in [0.05, 0.1) is 27.8 Å². The van der Waals surface area contributed by atoms with Crippen molar-refractivity contribution < 1.29 is 23.8 Å². The maximum atomic E-state index is 11.6. The van der Waals surface area contributed by atoms with E-state index in [4.69, 9.17) is 14.2 Å². The van der Waals surface area contributed by atoms with Crippen LogP contribution in [0.2, 0.25) is 0 Å². The van der Waals surface area contributed by atoms with Crippen LogP contribution in [0.1, 0.15) is 13.3 Å². The molecule has 0 heterocycles. The molecule has 6 nitrogen and oxygen atoms in total. The molecule has 1 aromatic carbocycles. The number of carbonyl (C=O) groups is 2. The Balaban J connectivity index is 3.10. The van der Waals surface area contributed by atoms with Gasteiger partial charge in [0, 0.05) is 12.1 Å². The van der Waals surface area contributed by atoms with Gasteiger partial charge in [-0.1, -0.05) is 0 Å². The summed E-state index contributed by atoms with van der Waals surface area (Å²) in [6.45, 7) is 1.35. The summed E-state index contributed by atoms with van der Waals surface area (Å²) in [6.07, 6.45) is -0.196. The summed E-state index contributed by atoms with van der Waals surface area (Å²) < 4.78 is 15.4. The average molecular weight is 267 g/mol. The monoisotopic (exact) mass is 267 g/mol. The van der Waals surface area contributed by atoms with Gasteiger partial charge in [0.1, 0.15) is 28.7 Å². The molecule has 104 valence electrons. The number of methoxy groups -OCH3 is 3. The molecule has 1 N–H and O–H groups in total. The number of amides is 1. The van der Waals surface area contributed by atoms with Gasteiger partial charge >= 0.3 is 0 Å². The van der Waals surface area contributed by atoms with Gasteiger partial charge < -0.3 is 19.5 Å². The van der Waals surface area contributed by atoms with Crippen LogP contribution in [0.4, 0.5) is 5.69 Å². The van der Waals surface area contributed by atoms with E-state index in [1.807, 2.05) is 0 Å². The average Bonchev–Trinajstić information content (AvgIpc) is 2.37. The number of ketones is 1. The number of ether oxygens (including phenoxy) is 3. The predicted octanol–water partition coefficient (Wildman–Crippen LogP) is 1.63. The Kier molecular flexibility index (Phi) is 5.17. The number of anilines is 1. The van der Waals surface area contributed by atoms with Gasteiger partial charge in [-0.3, -0.25) is 9.59 Å². The molecule has 19 heavy (non-hydrogen) atoms. The van der Waals surface area contributed by atoms with E-state index in [9.17, 15) is 9.59 Å². The summed E-state index contributed by atoms with van der Waals surface area (Å²) in [5.41, 5.74) is 0.372. The molecular weight excluding hydrogens is 250 g/mol. The Morgan fingerprint density at radius 1 is 1.05 bits per heavy atom. The van der Waals surface area contributed by atoms with Crippen molar-refractivity contribution in [1.82, 2.24) is 0 Å². The van der Waals surface area contributed by atoms with E-state index in [0.717, 1.165) is 0 Å². The van der Waals surface area contributed by atoms with Crippen molar-refractivity contribution in [3.63, 3.8) is 0 Å². The summed E-state index contributed by atoms with van der Waals surface area (Å²) in [6, 6.07) is 3.23. The lowest BCUT2D eigenvalue weighted by Crippen LogP contribution is -2.16. The van der Waals surface area contributed by atoms with Crippen LogP contribution in [0, 0.1) is 0 Å². The van der Waals surface area contributed by atoms with E-state index in [2.05, 4.69) is 5.32 Å². The Morgan fingerprint density at radius 2 is 1.58 bits per heavy atom. The van der Waals surface area contributed by atoms with E-state index in [1.54, 1.807) is 12.1 Å². The number of Topliss-reactive ketones (excluding diaryl/α,β-unsaturated/α-hetero) is 1. The van der Waals surface area contributed by atoms with Crippen molar-refractivity contribution in [2.45, 2.75) is 13.3 Å². The third kappa shape index (κ3) is 3.87. The van der Waals surface area contributed by atoms with E-state index in [0.29, 0.717) is 22.9 Å². The van der Waals surface area contributed by atoms with Crippen LogP contribution in [0.25, 0.3) is 0 Å². The molecule has 0 spiro atoms. The van der Waals surface area contributed by atoms with Gasteiger partial charge in [0.2, 0.25) is 5.91 Å². The van der Waals surface area contributed by atoms with E-state index < -0.39 is 5.91 Å². The van der Waals surface area contributed by atoms with Crippen LogP contribution < -0.4 is 19.5 Å². The zero-order valence-electron chi connectivity index (χ0n) is 11.4. The van der Waals surface area contributed by atoms with Crippen LogP contribution >= 0.6 is 0 Å². The maximum absolute atomic E-state index is 11.6. The molecule has 0 saturated heterocycles. The summed E-state index contributed by atoms with van der Waals surface area (Å²) in [7, 11) is 4.45. The normalized spacial score (nSPS) is 9.68. The molecule has 0 fully saturated rings. The Labute approximate surface area is 111 Å². The minimum absolute atomic E-state index is 0.196. The number of carbonyl (C=O) groups excluding carboxylic acids is 2. The topological polar surface area (TPSA) is 73.9 Å². The molecular formula is C13H17NO5. The number of hydrogen-bond donors (Lipinski definition) is 1. The molecule has 1 rings (SSSR count). The fraction of sp³-hybridized carbons (Fsp3) is 0.385. The molecule has 6 heteroatoms. The second-order valence-electron chi connectivity index (χ2n) is 3.83. The van der Waals surface area contributed by atoms with Gasteiger partial charge in [0.25, 0.3) is 0 Å². The van der Waals surface area contributed by atoms with Crippen LogP contribution in [0.5, 0.6) is 17.2 Å². The summed E-state index contributed by atoms with van der Waals surface area (Å²) >= 11 is 0. The van der Waals surface area contributed by atoms with Crippen molar-refractivity contribution in [1.29, 1.82) is 0 Å². The third-order valence-electron chi connectivity index (χ3n) is 2.39. The molecule has 0 radical (unpaired) electrons. The molecule has 0 aromatic heterocycles. The number of hydrogen-bond acceptors (Lipinski definition) is 5. The standard InChI is InChI=1S/C13H17NO5/c1-8(15)5-12(16)14-13-10(18-3)6-9(17-2)7-11(13)19-4/h6-7H,5H2,1-4H3,(H,14,16). The van der Waals surface area contributed by atoms with Crippen molar-refractivity contribution in [3.8, 4) is 17.2 Å². The molecule has 0 unspecified atom stereocenters. The fourth-order valence-corrected chi connectivity index (χ4v) is 1.54. The Hall–Kier alpha value is -2.24. The van der Waals surface area contributed by atoms with Crippen molar-refractivity contribution >= 4 is 17.4 Å². The molecule has 0 bridgehead atoms. The number of rotatable bonds is 6. The van der Waals surface area contributed by atoms with Crippen LogP contribution in [0.15, 0.2) is 12.1 Å². The lowest BCUT2D eigenvalue weighted by Gasteiger charge is -2.15. The van der Waals surface area contributed by atoms with Crippen LogP contribution in [-0.2, 0) is 9.59 Å². The molecule has 1 amide bonds. The quantitative estimate of drug-likeness (QED) is 0.793. The van der Waals surface area contributed by atoms with Crippen molar-refractivity contribution in [2.75, 3.05) is 26.6 Å². The fourth-order valence-electron chi connectivity index (χ4n) is 1.54. The first kappa shape index (κ1) is 14.8. The number of nitrogens with one attached hydrogen (secondary N) is 1. The summed E-state index contributed by atoms with van der Waals surface area (Å²) in [5, 5.41) is 2.60. The van der Waals surface area contributed by atoms with E-state index >= 15 is 0 Å². The van der Waals surface area contributed by atoms with Gasteiger partial charge in [-0.05, 0) is 6.92 Å². The smallest absolute Gasteiger partial charge is 0.232 e. The lowest BCUT2D eigenvalue weighted by atomic mass is 10.2. The maximum Gasteiger partial charge on any atom is 0.232 e. The van der Waals surface area contributed by atoms with Gasteiger partial charge in [0.15, 0.2) is 0 Å². The molecule has 0 saturated carbocycles. The summed E-state index contributed by atoms with van der Waals surface area (Å²) in [5.74, 6) is 0.692. The Bertz CT molecular complexity index is 459. The second-order valence-corrected chi connectivity index (χ2v) is 3.83. The van der Waals surface area contributed by atoms with Crippen molar-refractivity contribution in [2.24, 2.45) is 0 Å². The third-order valence-corrected chi connectivity index (χ3v) is 2.39. The molecule has 1 aromatic rings. The highest BCUT2D eigenvalue weighted by Gasteiger charge is 2.16. The number of benzene rings is 1. The first-order valence-electron chi connectivity index (χ1n) is 5.61. The summed E-state index contributed by atoms with van der Waals surface area (Å²) in [4.78, 5) is 22.5. The first-order chi connectivity index (χ1) is 9.01. The highest BCUT2D eigenvalue weighted by Crippen LogP contribution is 2.38. The van der Waals surface area contributed by atoms with Gasteiger partial charge in [-0.25, -0.2) is 0 Å². The molecule has 0 aliphatic carbocycles. The second kappa shape index (κ2) is 6.63. The van der Waals surface area contributed by atoms with E-state index in [-0.39, 0.29) is 12.2 Å². The molecule has 0 aliphatic heterocycles. The van der Waals surface area contributed by atoms with Gasteiger partial charge in [-0.15, -0.1) is 0 Å². The first-order valence-corrected chi connectivity index (χ1v) is 5.61. The zero-order valence-corrected chi connectivity index (χ0v) is 11.4. The predicted molar refractivity (Wildman–Crippen MR) is 70.0 cm³/mol. The highest BCUT2D eigenvalue weighted by molar-refractivity contribution is 6.04. The molecule has 0 aliphatic rings. The van der Waals surface area contributed by atoms with Crippen molar-refractivity contribution in [3.05, 3.63) is 12.1 Å². The van der Waals surface area contributed by atoms with Crippen LogP contribution in [0.3, 0.4) is 0 Å². The van der Waals surface area contributed by atoms with Crippen LogP contribution in [-0.4, -0.2) is 33.0 Å². The minimum Gasteiger partial charge on any atom is -0.496 e. The largest absolute Gasteiger partial charge is 0.496 e. The van der Waals surface area contributed by atoms with E-state index in [1.165, 1.54) is 28.3 Å². The lowest BCUT2D eigenvalue weighted by molar-refractivity contribution is -0.124. The molecule has 0 atom stereocenters. The van der Waals surface area contributed by atoms with Gasteiger partial charge in [-0.2, -0.15) is 0 Å². The Morgan fingerprint density at radius 3 is 1.95 bits per heavy atom. The SMILES string of the molecule is COc1cc(OC)c(NC(=O)CC(C)=O)c(OC)c1.